The number of esters is 3. The molecule has 1 amide bonds. The van der Waals surface area contributed by atoms with Crippen LogP contribution in [-0.2, 0) is 49.6 Å². The van der Waals surface area contributed by atoms with Gasteiger partial charge in [0.2, 0.25) is 17.3 Å². The predicted octanol–water partition coefficient (Wildman–Crippen LogP) is 3.02. The Bertz CT molecular complexity index is 1650. The number of amides is 1. The summed E-state index contributed by atoms with van der Waals surface area (Å²) in [5.41, 5.74) is 4.07. The van der Waals surface area contributed by atoms with Crippen LogP contribution in [0, 0.1) is 5.92 Å². The minimum Gasteiger partial charge on any atom is -0.497 e. The summed E-state index contributed by atoms with van der Waals surface area (Å²) in [6.45, 7) is 8.89. The molecule has 0 spiro atoms. The molecule has 1 aromatic heterocycles. The number of ketones is 1. The Morgan fingerprint density at radius 3 is 2.33 bits per heavy atom. The van der Waals surface area contributed by atoms with E-state index in [4.69, 9.17) is 29.5 Å². The lowest BCUT2D eigenvalue weighted by atomic mass is 9.89. The molecular weight excluding hydrogens is 666 g/mol. The highest BCUT2D eigenvalue weighted by Gasteiger charge is 2.54. The summed E-state index contributed by atoms with van der Waals surface area (Å²) in [5.74, 6) is -3.34. The third-order valence-electron chi connectivity index (χ3n) is 6.91. The highest BCUT2D eigenvalue weighted by Crippen LogP contribution is 2.45. The van der Waals surface area contributed by atoms with E-state index in [9.17, 15) is 24.0 Å². The average molecular weight is 704 g/mol. The molecule has 1 saturated heterocycles. The van der Waals surface area contributed by atoms with Crippen LogP contribution in [0.5, 0.6) is 5.75 Å². The molecular formula is C31H37N5O10S2. The van der Waals surface area contributed by atoms with E-state index >= 15 is 0 Å². The van der Waals surface area contributed by atoms with Crippen LogP contribution >= 0.6 is 23.3 Å². The number of ether oxygens (including phenoxy) is 4. The number of hydrogen-bond donors (Lipinski definition) is 1. The standard InChI is InChI=1S/C31H37N5O10S2/c1-16(37)43-14-18-15-47-26-20(25(39)36(26)23(18)27(40)44-13-17-8-10-19(42-7)11-9-17)12-21(38)22(24-33-29(32)48-35-24)34-46-31(5,6)28(41)45-30(2,3)4/h8-11,20,26H,12-15H2,1-7H3,(H2,32,33,35)/b34-22+/t20-,26-/m1/s1. The van der Waals surface area contributed by atoms with E-state index < -0.39 is 52.1 Å². The molecule has 0 radical (unpaired) electrons. The number of anilines is 1. The summed E-state index contributed by atoms with van der Waals surface area (Å²) in [6.07, 6.45) is -0.339. The first-order chi connectivity index (χ1) is 22.5. The van der Waals surface area contributed by atoms with Crippen molar-refractivity contribution < 1.29 is 47.8 Å². The summed E-state index contributed by atoms with van der Waals surface area (Å²) < 4.78 is 25.3. The van der Waals surface area contributed by atoms with Gasteiger partial charge in [-0.15, -0.1) is 11.8 Å². The number of hydrogen-bond acceptors (Lipinski definition) is 16. The summed E-state index contributed by atoms with van der Waals surface area (Å²) in [7, 11) is 1.54. The summed E-state index contributed by atoms with van der Waals surface area (Å²) in [5, 5.41) is 3.40. The normalized spacial score (nSPS) is 18.0. The van der Waals surface area contributed by atoms with Crippen LogP contribution in [0.1, 0.15) is 59.4 Å². The third kappa shape index (κ3) is 8.69. The van der Waals surface area contributed by atoms with Crippen LogP contribution in [0.15, 0.2) is 40.7 Å². The fraction of sp³-hybridized carbons (Fsp3) is 0.484. The highest BCUT2D eigenvalue weighted by molar-refractivity contribution is 8.00. The van der Waals surface area contributed by atoms with Crippen molar-refractivity contribution >= 4 is 63.7 Å². The number of rotatable bonds is 13. The van der Waals surface area contributed by atoms with Gasteiger partial charge in [0, 0.05) is 36.2 Å². The van der Waals surface area contributed by atoms with E-state index in [1.807, 2.05) is 0 Å². The van der Waals surface area contributed by atoms with Gasteiger partial charge in [-0.2, -0.15) is 9.36 Å². The molecule has 48 heavy (non-hydrogen) atoms. The molecule has 3 heterocycles. The molecule has 258 valence electrons. The first-order valence-corrected chi connectivity index (χ1v) is 16.6. The van der Waals surface area contributed by atoms with E-state index in [1.54, 1.807) is 45.0 Å². The predicted molar refractivity (Wildman–Crippen MR) is 175 cm³/mol. The zero-order chi connectivity index (χ0) is 35.4. The van der Waals surface area contributed by atoms with Crippen molar-refractivity contribution in [2.75, 3.05) is 25.2 Å². The van der Waals surface area contributed by atoms with Crippen LogP contribution in [0.2, 0.25) is 0 Å². The van der Waals surface area contributed by atoms with Gasteiger partial charge in [0.15, 0.2) is 16.6 Å². The topological polar surface area (TPSA) is 199 Å². The quantitative estimate of drug-likeness (QED) is 0.105. The molecule has 17 heteroatoms. The van der Waals surface area contributed by atoms with Crippen molar-refractivity contribution in [1.29, 1.82) is 0 Å². The van der Waals surface area contributed by atoms with Gasteiger partial charge < -0.3 is 29.5 Å². The van der Waals surface area contributed by atoms with Crippen molar-refractivity contribution in [2.24, 2.45) is 11.1 Å². The second kappa shape index (κ2) is 14.7. The van der Waals surface area contributed by atoms with Gasteiger partial charge in [0.05, 0.1) is 18.4 Å². The van der Waals surface area contributed by atoms with Crippen molar-refractivity contribution in [2.45, 2.75) is 71.1 Å². The molecule has 2 atom stereocenters. The molecule has 1 aromatic carbocycles. The number of carbonyl (C=O) groups is 5. The number of nitrogen functional groups attached to an aromatic ring is 1. The lowest BCUT2D eigenvalue weighted by Crippen LogP contribution is -2.62. The summed E-state index contributed by atoms with van der Waals surface area (Å²) >= 11 is 2.13. The van der Waals surface area contributed by atoms with Crippen LogP contribution in [0.25, 0.3) is 0 Å². The largest absolute Gasteiger partial charge is 0.497 e. The van der Waals surface area contributed by atoms with Gasteiger partial charge in [-0.05, 0) is 52.3 Å². The second-order valence-electron chi connectivity index (χ2n) is 12.3. The van der Waals surface area contributed by atoms with E-state index in [2.05, 4.69) is 14.5 Å². The fourth-order valence-electron chi connectivity index (χ4n) is 4.49. The first kappa shape index (κ1) is 36.3. The van der Waals surface area contributed by atoms with E-state index in [-0.39, 0.29) is 47.8 Å². The fourth-order valence-corrected chi connectivity index (χ4v) is 6.32. The Morgan fingerprint density at radius 2 is 1.75 bits per heavy atom. The van der Waals surface area contributed by atoms with Crippen LogP contribution < -0.4 is 10.5 Å². The minimum atomic E-state index is -1.59. The van der Waals surface area contributed by atoms with Gasteiger partial charge in [-0.25, -0.2) is 9.59 Å². The number of oxime groups is 1. The van der Waals surface area contributed by atoms with Crippen molar-refractivity contribution in [1.82, 2.24) is 14.3 Å². The van der Waals surface area contributed by atoms with Crippen LogP contribution in [0.4, 0.5) is 5.13 Å². The molecule has 0 aliphatic carbocycles. The molecule has 0 saturated carbocycles. The van der Waals surface area contributed by atoms with Crippen LogP contribution in [-0.4, -0.2) is 85.6 Å². The molecule has 2 aliphatic heterocycles. The zero-order valence-corrected chi connectivity index (χ0v) is 29.2. The molecule has 2 N–H and O–H groups in total. The van der Waals surface area contributed by atoms with Crippen LogP contribution in [0.3, 0.4) is 0 Å². The van der Waals surface area contributed by atoms with Gasteiger partial charge in [0.1, 0.15) is 30.3 Å². The number of Topliss-reactive ketones (excluding diaryl/α,β-unsaturated/α-hetero) is 1. The first-order valence-electron chi connectivity index (χ1n) is 14.7. The van der Waals surface area contributed by atoms with E-state index in [0.29, 0.717) is 16.9 Å². The lowest BCUT2D eigenvalue weighted by molar-refractivity contribution is -0.179. The average Bonchev–Trinajstić information content (AvgIpc) is 3.45. The number of β-lactam (4-membered cyclic amide) rings is 1. The number of nitrogens with zero attached hydrogens (tertiary/aromatic N) is 4. The number of nitrogens with two attached hydrogens (primary N) is 1. The molecule has 15 nitrogen and oxygen atoms in total. The van der Waals surface area contributed by atoms with Crippen molar-refractivity contribution in [3.05, 3.63) is 46.9 Å². The molecule has 1 fully saturated rings. The number of aromatic nitrogens is 2. The van der Waals surface area contributed by atoms with E-state index in [0.717, 1.165) is 11.5 Å². The Kier molecular flexibility index (Phi) is 11.1. The maximum absolute atomic E-state index is 13.7. The van der Waals surface area contributed by atoms with Crippen molar-refractivity contribution in [3.63, 3.8) is 0 Å². The minimum absolute atomic E-state index is 0.0347. The van der Waals surface area contributed by atoms with Gasteiger partial charge in [0.25, 0.3) is 0 Å². The van der Waals surface area contributed by atoms with Gasteiger partial charge >= 0.3 is 17.9 Å². The molecule has 2 aliphatic rings. The van der Waals surface area contributed by atoms with E-state index in [1.165, 1.54) is 44.5 Å². The third-order valence-corrected chi connectivity index (χ3v) is 8.85. The maximum Gasteiger partial charge on any atom is 0.355 e. The second-order valence-corrected chi connectivity index (χ2v) is 14.2. The highest BCUT2D eigenvalue weighted by atomic mass is 32.2. The monoisotopic (exact) mass is 703 g/mol. The SMILES string of the molecule is COc1ccc(COC(=O)C2=C(COC(C)=O)CS[C@@H]3[C@H](CC(=O)/C(=N\OC(C)(C)C(=O)OC(C)(C)C)c4nsc(N)n4)C(=O)N23)cc1. The lowest BCUT2D eigenvalue weighted by Gasteiger charge is -2.49. The number of fused-ring (bicyclic) bond motifs is 1. The van der Waals surface area contributed by atoms with Gasteiger partial charge in [-0.1, -0.05) is 17.3 Å². The molecule has 0 bridgehead atoms. The number of benzene rings is 1. The molecule has 2 aromatic rings. The zero-order valence-electron chi connectivity index (χ0n) is 27.6. The number of carbonyl (C=O) groups excluding carboxylic acids is 5. The summed E-state index contributed by atoms with van der Waals surface area (Å²) in [4.78, 5) is 75.7. The molecule has 0 unspecified atom stereocenters. The Morgan fingerprint density at radius 1 is 1.06 bits per heavy atom. The Hall–Kier alpha value is -4.51. The molecule has 4 rings (SSSR count). The Balaban J connectivity index is 1.53. The van der Waals surface area contributed by atoms with Crippen molar-refractivity contribution in [3.8, 4) is 5.75 Å². The van der Waals surface area contributed by atoms with Gasteiger partial charge in [-0.3, -0.25) is 19.3 Å². The smallest absolute Gasteiger partial charge is 0.355 e. The Labute approximate surface area is 285 Å². The summed E-state index contributed by atoms with van der Waals surface area (Å²) in [6, 6.07) is 6.91. The maximum atomic E-state index is 13.7. The number of thioether (sulfide) groups is 1. The number of methoxy groups -OCH3 is 1.